The maximum absolute atomic E-state index is 5.31. The smallest absolute Gasteiger partial charge is 0.141 e. The van der Waals surface area contributed by atoms with E-state index in [0.717, 1.165) is 30.1 Å². The van der Waals surface area contributed by atoms with Crippen LogP contribution in [0.5, 0.6) is 5.75 Å². The molecule has 0 radical (unpaired) electrons. The Labute approximate surface area is 108 Å². The second-order valence-corrected chi connectivity index (χ2v) is 4.18. The monoisotopic (exact) mass is 245 g/mol. The number of benzene rings is 1. The minimum Gasteiger partial charge on any atom is -0.495 e. The van der Waals surface area contributed by atoms with E-state index in [4.69, 9.17) is 4.74 Å². The van der Waals surface area contributed by atoms with Crippen LogP contribution in [0.2, 0.25) is 0 Å². The highest BCUT2D eigenvalue weighted by atomic mass is 16.5. The van der Waals surface area contributed by atoms with E-state index in [0.29, 0.717) is 0 Å². The van der Waals surface area contributed by atoms with Gasteiger partial charge in [0.05, 0.1) is 18.5 Å². The zero-order chi connectivity index (χ0) is 13.0. The molecule has 1 aromatic heterocycles. The third-order valence-electron chi connectivity index (χ3n) is 2.90. The van der Waals surface area contributed by atoms with Crippen molar-refractivity contribution in [2.24, 2.45) is 7.05 Å². The molecule has 96 valence electrons. The predicted octanol–water partition coefficient (Wildman–Crippen LogP) is 2.60. The molecular weight excluding hydrogens is 226 g/mol. The largest absolute Gasteiger partial charge is 0.495 e. The highest BCUT2D eigenvalue weighted by molar-refractivity contribution is 5.56. The highest BCUT2D eigenvalue weighted by Gasteiger charge is 2.07. The molecule has 1 N–H and O–H groups in total. The summed E-state index contributed by atoms with van der Waals surface area (Å²) in [6.45, 7) is 2.88. The first-order chi connectivity index (χ1) is 8.74. The van der Waals surface area contributed by atoms with Crippen LogP contribution in [0.4, 0.5) is 5.69 Å². The van der Waals surface area contributed by atoms with Crippen LogP contribution in [-0.2, 0) is 20.0 Å². The van der Waals surface area contributed by atoms with Gasteiger partial charge in [0, 0.05) is 25.4 Å². The number of hydrogen-bond donors (Lipinski definition) is 1. The standard InChI is InChI=1S/C14H19N3O/c1-4-12-11(10-17(2)16-12)9-15-13-7-5-6-8-14(13)18-3/h5-8,10,15H,4,9H2,1-3H3. The lowest BCUT2D eigenvalue weighted by atomic mass is 10.2. The van der Waals surface area contributed by atoms with Crippen LogP contribution < -0.4 is 10.1 Å². The summed E-state index contributed by atoms with van der Waals surface area (Å²) in [4.78, 5) is 0. The van der Waals surface area contributed by atoms with Gasteiger partial charge in [-0.05, 0) is 18.6 Å². The van der Waals surface area contributed by atoms with E-state index >= 15 is 0 Å². The van der Waals surface area contributed by atoms with Gasteiger partial charge in [-0.15, -0.1) is 0 Å². The Hall–Kier alpha value is -1.97. The number of ether oxygens (including phenoxy) is 1. The van der Waals surface area contributed by atoms with Crippen molar-refractivity contribution < 1.29 is 4.74 Å². The third-order valence-corrected chi connectivity index (χ3v) is 2.90. The molecular formula is C14H19N3O. The number of hydrogen-bond acceptors (Lipinski definition) is 3. The second-order valence-electron chi connectivity index (χ2n) is 4.18. The molecule has 18 heavy (non-hydrogen) atoms. The zero-order valence-corrected chi connectivity index (χ0v) is 11.1. The van der Waals surface area contributed by atoms with E-state index in [1.807, 2.05) is 36.0 Å². The lowest BCUT2D eigenvalue weighted by molar-refractivity contribution is 0.416. The lowest BCUT2D eigenvalue weighted by Gasteiger charge is -2.10. The summed E-state index contributed by atoms with van der Waals surface area (Å²) in [7, 11) is 3.63. The number of rotatable bonds is 5. The molecule has 0 atom stereocenters. The van der Waals surface area contributed by atoms with Gasteiger partial charge < -0.3 is 10.1 Å². The fraction of sp³-hybridized carbons (Fsp3) is 0.357. The maximum atomic E-state index is 5.31. The number of aromatic nitrogens is 2. The third kappa shape index (κ3) is 2.64. The van der Waals surface area contributed by atoms with Gasteiger partial charge in [-0.3, -0.25) is 4.68 Å². The van der Waals surface area contributed by atoms with E-state index in [2.05, 4.69) is 23.5 Å². The zero-order valence-electron chi connectivity index (χ0n) is 11.1. The van der Waals surface area contributed by atoms with E-state index in [1.165, 1.54) is 5.56 Å². The van der Waals surface area contributed by atoms with Gasteiger partial charge in [-0.25, -0.2) is 0 Å². The van der Waals surface area contributed by atoms with Gasteiger partial charge in [-0.1, -0.05) is 19.1 Å². The quantitative estimate of drug-likeness (QED) is 0.880. The number of anilines is 1. The van der Waals surface area contributed by atoms with Gasteiger partial charge in [0.25, 0.3) is 0 Å². The SMILES string of the molecule is CCc1nn(C)cc1CNc1ccccc1OC. The predicted molar refractivity (Wildman–Crippen MR) is 72.9 cm³/mol. The van der Waals surface area contributed by atoms with Crippen molar-refractivity contribution in [3.8, 4) is 5.75 Å². The summed E-state index contributed by atoms with van der Waals surface area (Å²) < 4.78 is 7.17. The minimum absolute atomic E-state index is 0.761. The first-order valence-corrected chi connectivity index (χ1v) is 6.13. The van der Waals surface area contributed by atoms with Gasteiger partial charge in [0.15, 0.2) is 0 Å². The average molecular weight is 245 g/mol. The summed E-state index contributed by atoms with van der Waals surface area (Å²) in [6.07, 6.45) is 3.00. The Morgan fingerprint density at radius 3 is 2.83 bits per heavy atom. The van der Waals surface area contributed by atoms with E-state index < -0.39 is 0 Å². The molecule has 2 rings (SSSR count). The van der Waals surface area contributed by atoms with Crippen LogP contribution in [0.25, 0.3) is 0 Å². The van der Waals surface area contributed by atoms with E-state index in [9.17, 15) is 0 Å². The Morgan fingerprint density at radius 2 is 2.11 bits per heavy atom. The van der Waals surface area contributed by atoms with Gasteiger partial charge in [0.2, 0.25) is 0 Å². The van der Waals surface area contributed by atoms with Crippen LogP contribution in [0.1, 0.15) is 18.2 Å². The second kappa shape index (κ2) is 5.58. The fourth-order valence-corrected chi connectivity index (χ4v) is 2.01. The number of nitrogens with one attached hydrogen (secondary N) is 1. The van der Waals surface area contributed by atoms with Crippen molar-refractivity contribution in [1.29, 1.82) is 0 Å². The molecule has 1 aromatic carbocycles. The molecule has 4 nitrogen and oxygen atoms in total. The van der Waals surface area contributed by atoms with Crippen LogP contribution in [0.3, 0.4) is 0 Å². The van der Waals surface area contributed by atoms with Gasteiger partial charge in [-0.2, -0.15) is 5.10 Å². The summed E-state index contributed by atoms with van der Waals surface area (Å²) in [5.41, 5.74) is 3.37. The molecule has 0 aliphatic rings. The normalized spacial score (nSPS) is 10.4. The van der Waals surface area contributed by atoms with Crippen LogP contribution in [0, 0.1) is 0 Å². The maximum Gasteiger partial charge on any atom is 0.141 e. The number of methoxy groups -OCH3 is 1. The molecule has 0 saturated heterocycles. The van der Waals surface area contributed by atoms with Gasteiger partial charge in [0.1, 0.15) is 5.75 Å². The van der Waals surface area contributed by atoms with E-state index in [-0.39, 0.29) is 0 Å². The first kappa shape index (κ1) is 12.5. The topological polar surface area (TPSA) is 39.1 Å². The van der Waals surface area contributed by atoms with Crippen LogP contribution in [0.15, 0.2) is 30.5 Å². The molecule has 0 aliphatic carbocycles. The van der Waals surface area contributed by atoms with E-state index in [1.54, 1.807) is 7.11 Å². The first-order valence-electron chi connectivity index (χ1n) is 6.13. The molecule has 0 fully saturated rings. The molecule has 0 unspecified atom stereocenters. The Kier molecular flexibility index (Phi) is 3.87. The average Bonchev–Trinajstić information content (AvgIpc) is 2.77. The van der Waals surface area contributed by atoms with Crippen molar-refractivity contribution in [1.82, 2.24) is 9.78 Å². The van der Waals surface area contributed by atoms with Crippen molar-refractivity contribution in [2.45, 2.75) is 19.9 Å². The molecule has 1 heterocycles. The number of para-hydroxylation sites is 2. The molecule has 0 aliphatic heterocycles. The summed E-state index contributed by atoms with van der Waals surface area (Å²) in [5.74, 6) is 0.861. The summed E-state index contributed by atoms with van der Waals surface area (Å²) >= 11 is 0. The molecule has 4 heteroatoms. The van der Waals surface area contributed by atoms with Crippen molar-refractivity contribution in [3.63, 3.8) is 0 Å². The lowest BCUT2D eigenvalue weighted by Crippen LogP contribution is -2.02. The molecule has 0 spiro atoms. The Bertz CT molecular complexity index is 520. The van der Waals surface area contributed by atoms with Crippen LogP contribution >= 0.6 is 0 Å². The fourth-order valence-electron chi connectivity index (χ4n) is 2.01. The highest BCUT2D eigenvalue weighted by Crippen LogP contribution is 2.23. The Morgan fingerprint density at radius 1 is 1.33 bits per heavy atom. The number of aryl methyl sites for hydroxylation is 2. The number of nitrogens with zero attached hydrogens (tertiary/aromatic N) is 2. The van der Waals surface area contributed by atoms with Crippen LogP contribution in [-0.4, -0.2) is 16.9 Å². The summed E-state index contributed by atoms with van der Waals surface area (Å²) in [5, 5.41) is 7.82. The molecule has 2 aromatic rings. The van der Waals surface area contributed by atoms with Gasteiger partial charge >= 0.3 is 0 Å². The molecule has 0 amide bonds. The molecule has 0 saturated carbocycles. The Balaban J connectivity index is 2.11. The van der Waals surface area contributed by atoms with Crippen molar-refractivity contribution in [3.05, 3.63) is 41.7 Å². The molecule has 0 bridgehead atoms. The van der Waals surface area contributed by atoms with Crippen molar-refractivity contribution >= 4 is 5.69 Å². The minimum atomic E-state index is 0.761. The summed E-state index contributed by atoms with van der Waals surface area (Å²) in [6, 6.07) is 7.92. The van der Waals surface area contributed by atoms with Crippen molar-refractivity contribution in [2.75, 3.05) is 12.4 Å².